The number of benzene rings is 1. The SMILES string of the molecule is Cc1ccc(-n2c(S[C@H](C)c3nc(-c4ccncc4)no3)nnc2-c2ccncc2)cc1C. The molecule has 0 saturated carbocycles. The molecule has 0 N–H and O–H groups in total. The smallest absolute Gasteiger partial charge is 0.240 e. The van der Waals surface area contributed by atoms with E-state index in [-0.39, 0.29) is 5.25 Å². The van der Waals surface area contributed by atoms with E-state index in [0.29, 0.717) is 11.7 Å². The van der Waals surface area contributed by atoms with Crippen molar-refractivity contribution in [3.8, 4) is 28.5 Å². The second-order valence-corrected chi connectivity index (χ2v) is 8.91. The van der Waals surface area contributed by atoms with Gasteiger partial charge in [-0.1, -0.05) is 23.0 Å². The fourth-order valence-corrected chi connectivity index (χ4v) is 4.26. The van der Waals surface area contributed by atoms with Crippen LogP contribution in [0, 0.1) is 13.8 Å². The van der Waals surface area contributed by atoms with Gasteiger partial charge in [0.25, 0.3) is 0 Å². The van der Waals surface area contributed by atoms with Crippen LogP contribution in [0.15, 0.2) is 76.9 Å². The Morgan fingerprint density at radius 2 is 1.55 bits per heavy atom. The molecular weight excluding hydrogens is 434 g/mol. The summed E-state index contributed by atoms with van der Waals surface area (Å²) in [5, 5.41) is 13.7. The molecule has 0 aliphatic heterocycles. The first-order valence-electron chi connectivity index (χ1n) is 10.4. The van der Waals surface area contributed by atoms with Crippen molar-refractivity contribution in [1.29, 1.82) is 0 Å². The van der Waals surface area contributed by atoms with Crippen molar-refractivity contribution in [1.82, 2.24) is 34.9 Å². The highest BCUT2D eigenvalue weighted by atomic mass is 32.2. The quantitative estimate of drug-likeness (QED) is 0.321. The fraction of sp³-hybridized carbons (Fsp3) is 0.167. The minimum Gasteiger partial charge on any atom is -0.338 e. The second-order valence-electron chi connectivity index (χ2n) is 7.60. The van der Waals surface area contributed by atoms with E-state index in [9.17, 15) is 0 Å². The van der Waals surface area contributed by atoms with Crippen molar-refractivity contribution in [3.05, 3.63) is 84.3 Å². The van der Waals surface area contributed by atoms with Crippen molar-refractivity contribution in [2.75, 3.05) is 0 Å². The maximum Gasteiger partial charge on any atom is 0.240 e. The zero-order valence-electron chi connectivity index (χ0n) is 18.4. The molecule has 0 spiro atoms. The highest BCUT2D eigenvalue weighted by molar-refractivity contribution is 7.99. The number of aryl methyl sites for hydroxylation is 2. The summed E-state index contributed by atoms with van der Waals surface area (Å²) in [7, 11) is 0. The third-order valence-corrected chi connectivity index (χ3v) is 6.36. The van der Waals surface area contributed by atoms with Crippen molar-refractivity contribution in [3.63, 3.8) is 0 Å². The molecule has 0 radical (unpaired) electrons. The van der Waals surface area contributed by atoms with Gasteiger partial charge in [-0.05, 0) is 68.3 Å². The van der Waals surface area contributed by atoms with E-state index >= 15 is 0 Å². The van der Waals surface area contributed by atoms with Gasteiger partial charge in [0.1, 0.15) is 0 Å². The van der Waals surface area contributed by atoms with E-state index in [0.717, 1.165) is 27.8 Å². The molecule has 0 saturated heterocycles. The number of pyridine rings is 2. The van der Waals surface area contributed by atoms with Gasteiger partial charge in [0.15, 0.2) is 11.0 Å². The Kier molecular flexibility index (Phi) is 5.70. The van der Waals surface area contributed by atoms with Crippen LogP contribution in [0.25, 0.3) is 28.5 Å². The first-order valence-corrected chi connectivity index (χ1v) is 11.3. The lowest BCUT2D eigenvalue weighted by atomic mass is 10.1. The summed E-state index contributed by atoms with van der Waals surface area (Å²) in [5.41, 5.74) is 5.22. The average Bonchev–Trinajstić information content (AvgIpc) is 3.50. The number of hydrogen-bond donors (Lipinski definition) is 0. The van der Waals surface area contributed by atoms with Gasteiger partial charge in [-0.2, -0.15) is 4.98 Å². The summed E-state index contributed by atoms with van der Waals surface area (Å²) in [6, 6.07) is 13.9. The van der Waals surface area contributed by atoms with Gasteiger partial charge in [-0.3, -0.25) is 14.5 Å². The van der Waals surface area contributed by atoms with Crippen molar-refractivity contribution in [2.45, 2.75) is 31.2 Å². The van der Waals surface area contributed by atoms with Gasteiger partial charge < -0.3 is 4.52 Å². The lowest BCUT2D eigenvalue weighted by molar-refractivity contribution is 0.380. The summed E-state index contributed by atoms with van der Waals surface area (Å²) in [6.07, 6.45) is 6.92. The predicted molar refractivity (Wildman–Crippen MR) is 126 cm³/mol. The molecule has 1 atom stereocenters. The molecule has 4 aromatic heterocycles. The number of aromatic nitrogens is 7. The second kappa shape index (κ2) is 8.95. The van der Waals surface area contributed by atoms with Crippen LogP contribution in [-0.4, -0.2) is 34.9 Å². The van der Waals surface area contributed by atoms with Crippen LogP contribution in [0.4, 0.5) is 0 Å². The first-order chi connectivity index (χ1) is 16.1. The standard InChI is InChI=1S/C24H21N7OS/c1-15-4-5-20(14-16(15)2)31-22(19-8-12-26-13-9-19)28-29-24(31)33-17(3)23-27-21(30-32-23)18-6-10-25-11-7-18/h4-14,17H,1-3H3/t17-/m1/s1. The van der Waals surface area contributed by atoms with Crippen molar-refractivity contribution >= 4 is 11.8 Å². The Balaban J connectivity index is 1.51. The summed E-state index contributed by atoms with van der Waals surface area (Å²) >= 11 is 1.52. The van der Waals surface area contributed by atoms with Gasteiger partial charge in [0.05, 0.1) is 10.9 Å². The third-order valence-electron chi connectivity index (χ3n) is 5.33. The van der Waals surface area contributed by atoms with Crippen molar-refractivity contribution < 1.29 is 4.52 Å². The molecule has 0 amide bonds. The zero-order valence-corrected chi connectivity index (χ0v) is 19.2. The average molecular weight is 456 g/mol. The minimum atomic E-state index is -0.132. The van der Waals surface area contributed by atoms with Crippen LogP contribution >= 0.6 is 11.8 Å². The fourth-order valence-electron chi connectivity index (χ4n) is 3.36. The van der Waals surface area contributed by atoms with Crippen LogP contribution in [0.3, 0.4) is 0 Å². The topological polar surface area (TPSA) is 95.4 Å². The van der Waals surface area contributed by atoms with Gasteiger partial charge in [-0.25, -0.2) is 0 Å². The summed E-state index contributed by atoms with van der Waals surface area (Å²) in [6.45, 7) is 6.21. The lowest BCUT2D eigenvalue weighted by Crippen LogP contribution is -2.02. The summed E-state index contributed by atoms with van der Waals surface area (Å²) in [4.78, 5) is 12.7. The Bertz CT molecular complexity index is 1380. The predicted octanol–water partition coefficient (Wildman–Crippen LogP) is 5.24. The normalized spacial score (nSPS) is 12.1. The van der Waals surface area contributed by atoms with Crippen molar-refractivity contribution in [2.24, 2.45) is 0 Å². The number of rotatable bonds is 6. The zero-order chi connectivity index (χ0) is 22.8. The van der Waals surface area contributed by atoms with Gasteiger partial charge in [-0.15, -0.1) is 10.2 Å². The van der Waals surface area contributed by atoms with Gasteiger partial charge in [0.2, 0.25) is 11.7 Å². The third kappa shape index (κ3) is 4.27. The van der Waals surface area contributed by atoms with Gasteiger partial charge >= 0.3 is 0 Å². The van der Waals surface area contributed by atoms with E-state index in [1.165, 1.54) is 22.9 Å². The number of hydrogen-bond acceptors (Lipinski definition) is 8. The molecule has 5 aromatic rings. The summed E-state index contributed by atoms with van der Waals surface area (Å²) in [5.74, 6) is 1.80. The maximum absolute atomic E-state index is 5.56. The van der Waals surface area contributed by atoms with Crippen LogP contribution in [0.2, 0.25) is 0 Å². The molecule has 8 nitrogen and oxygen atoms in total. The Hall–Kier alpha value is -3.85. The van der Waals surface area contributed by atoms with E-state index in [1.807, 2.05) is 31.2 Å². The highest BCUT2D eigenvalue weighted by Crippen LogP contribution is 2.37. The molecular formula is C24H21N7OS. The van der Waals surface area contributed by atoms with E-state index in [2.05, 4.69) is 66.9 Å². The largest absolute Gasteiger partial charge is 0.338 e. The van der Waals surface area contributed by atoms with E-state index in [4.69, 9.17) is 4.52 Å². The van der Waals surface area contributed by atoms with E-state index < -0.39 is 0 Å². The molecule has 5 rings (SSSR count). The molecule has 33 heavy (non-hydrogen) atoms. The molecule has 0 aliphatic rings. The molecule has 9 heteroatoms. The molecule has 0 aliphatic carbocycles. The summed E-state index contributed by atoms with van der Waals surface area (Å²) < 4.78 is 7.62. The molecule has 4 heterocycles. The van der Waals surface area contributed by atoms with Crippen LogP contribution in [0.5, 0.6) is 0 Å². The molecule has 0 unspecified atom stereocenters. The molecule has 164 valence electrons. The minimum absolute atomic E-state index is 0.132. The lowest BCUT2D eigenvalue weighted by Gasteiger charge is -2.13. The number of nitrogens with zero attached hydrogens (tertiary/aromatic N) is 7. The van der Waals surface area contributed by atoms with Crippen LogP contribution < -0.4 is 0 Å². The molecule has 0 bridgehead atoms. The maximum atomic E-state index is 5.56. The number of thioether (sulfide) groups is 1. The van der Waals surface area contributed by atoms with Crippen LogP contribution in [-0.2, 0) is 0 Å². The van der Waals surface area contributed by atoms with E-state index in [1.54, 1.807) is 24.8 Å². The molecule has 1 aromatic carbocycles. The Morgan fingerprint density at radius 3 is 2.24 bits per heavy atom. The first kappa shape index (κ1) is 21.0. The monoisotopic (exact) mass is 455 g/mol. The van der Waals surface area contributed by atoms with Crippen LogP contribution in [0.1, 0.15) is 29.2 Å². The van der Waals surface area contributed by atoms with Gasteiger partial charge in [0, 0.05) is 35.9 Å². The Labute approximate surface area is 195 Å². The Morgan fingerprint density at radius 1 is 0.848 bits per heavy atom. The molecule has 0 fully saturated rings. The highest BCUT2D eigenvalue weighted by Gasteiger charge is 2.23.